The highest BCUT2D eigenvalue weighted by atomic mass is 16.6. The summed E-state index contributed by atoms with van der Waals surface area (Å²) in [5, 5.41) is 17.2. The lowest BCUT2D eigenvalue weighted by atomic mass is 9.97. The molecule has 6 heteroatoms. The van der Waals surface area contributed by atoms with E-state index in [1.165, 1.54) is 6.07 Å². The van der Waals surface area contributed by atoms with Crippen molar-refractivity contribution >= 4 is 17.3 Å². The molecule has 0 radical (unpaired) electrons. The molecule has 0 spiro atoms. The molecule has 1 aromatic carbocycles. The molecule has 1 amide bonds. The van der Waals surface area contributed by atoms with Gasteiger partial charge in [-0.15, -0.1) is 0 Å². The zero-order valence-corrected chi connectivity index (χ0v) is 12.6. The molecule has 0 unspecified atom stereocenters. The van der Waals surface area contributed by atoms with Crippen molar-refractivity contribution in [3.63, 3.8) is 0 Å². The highest BCUT2D eigenvalue weighted by Crippen LogP contribution is 2.39. The maximum absolute atomic E-state index is 12.4. The van der Waals surface area contributed by atoms with Crippen LogP contribution in [0, 0.1) is 16.0 Å². The second-order valence-electron chi connectivity index (χ2n) is 5.94. The number of carbonyl (C=O) groups is 1. The van der Waals surface area contributed by atoms with Gasteiger partial charge < -0.3 is 10.6 Å². The minimum absolute atomic E-state index is 0.104. The van der Waals surface area contributed by atoms with Crippen LogP contribution in [-0.4, -0.2) is 22.9 Å². The summed E-state index contributed by atoms with van der Waals surface area (Å²) in [5.74, 6) is 0.0656. The molecule has 114 valence electrons. The first kappa shape index (κ1) is 15.3. The number of hydrogen-bond donors (Lipinski definition) is 2. The summed E-state index contributed by atoms with van der Waals surface area (Å²) >= 11 is 0. The molecule has 0 aliphatic heterocycles. The highest BCUT2D eigenvalue weighted by Gasteiger charge is 2.39. The fourth-order valence-corrected chi connectivity index (χ4v) is 2.52. The van der Waals surface area contributed by atoms with Crippen molar-refractivity contribution in [2.45, 2.75) is 39.2 Å². The number of nitrogens with zero attached hydrogens (tertiary/aromatic N) is 1. The number of nitro groups is 1. The van der Waals surface area contributed by atoms with Gasteiger partial charge in [0.2, 0.25) is 0 Å². The highest BCUT2D eigenvalue weighted by molar-refractivity contribution is 6.00. The number of hydrogen-bond acceptors (Lipinski definition) is 4. The number of benzene rings is 1. The molecule has 6 nitrogen and oxygen atoms in total. The topological polar surface area (TPSA) is 84.3 Å². The summed E-state index contributed by atoms with van der Waals surface area (Å²) in [6, 6.07) is 4.77. The lowest BCUT2D eigenvalue weighted by Crippen LogP contribution is -2.45. The quantitative estimate of drug-likeness (QED) is 0.623. The van der Waals surface area contributed by atoms with Crippen LogP contribution in [0.15, 0.2) is 18.2 Å². The molecule has 0 bridgehead atoms. The van der Waals surface area contributed by atoms with E-state index in [1.807, 2.05) is 20.8 Å². The van der Waals surface area contributed by atoms with Gasteiger partial charge in [0.15, 0.2) is 0 Å². The number of nitrogens with one attached hydrogen (secondary N) is 2. The molecular formula is C15H21N3O3. The molecule has 0 aromatic heterocycles. The van der Waals surface area contributed by atoms with Gasteiger partial charge in [-0.3, -0.25) is 14.9 Å². The molecule has 1 aliphatic carbocycles. The summed E-state index contributed by atoms with van der Waals surface area (Å²) in [6.45, 7) is 6.33. The molecule has 0 heterocycles. The Kier molecular flexibility index (Phi) is 4.16. The van der Waals surface area contributed by atoms with Gasteiger partial charge >= 0.3 is 5.69 Å². The standard InChI is InChI=1S/C15H21N3O3/c1-4-16-12-7-5-6-11(13(12)18(20)21)14(19)17-15(2,3)10-8-9-10/h5-7,10,16H,4,8-9H2,1-3H3,(H,17,19). The van der Waals surface area contributed by atoms with Crippen molar-refractivity contribution in [3.8, 4) is 0 Å². The third-order valence-electron chi connectivity index (χ3n) is 3.86. The van der Waals surface area contributed by atoms with E-state index >= 15 is 0 Å². The van der Waals surface area contributed by atoms with Gasteiger partial charge in [0, 0.05) is 12.1 Å². The van der Waals surface area contributed by atoms with Crippen molar-refractivity contribution in [2.24, 2.45) is 5.92 Å². The Balaban J connectivity index is 2.31. The molecule has 2 N–H and O–H groups in total. The van der Waals surface area contributed by atoms with Crippen LogP contribution in [0.1, 0.15) is 44.0 Å². The van der Waals surface area contributed by atoms with Crippen LogP contribution in [-0.2, 0) is 0 Å². The Bertz CT molecular complexity index is 565. The Hall–Kier alpha value is -2.11. The van der Waals surface area contributed by atoms with E-state index in [1.54, 1.807) is 12.1 Å². The van der Waals surface area contributed by atoms with Crippen LogP contribution >= 0.6 is 0 Å². The molecule has 1 aliphatic rings. The molecule has 0 atom stereocenters. The zero-order valence-electron chi connectivity index (χ0n) is 12.6. The van der Waals surface area contributed by atoms with Crippen molar-refractivity contribution in [2.75, 3.05) is 11.9 Å². The first-order chi connectivity index (χ1) is 9.86. The van der Waals surface area contributed by atoms with E-state index in [0.29, 0.717) is 18.2 Å². The van der Waals surface area contributed by atoms with Crippen LogP contribution in [0.2, 0.25) is 0 Å². The largest absolute Gasteiger partial charge is 0.380 e. The van der Waals surface area contributed by atoms with Crippen LogP contribution in [0.5, 0.6) is 0 Å². The number of rotatable bonds is 6. The minimum Gasteiger partial charge on any atom is -0.380 e. The van der Waals surface area contributed by atoms with Crippen molar-refractivity contribution in [1.29, 1.82) is 0 Å². The molecule has 1 aromatic rings. The fraction of sp³-hybridized carbons (Fsp3) is 0.533. The van der Waals surface area contributed by atoms with E-state index in [-0.39, 0.29) is 16.8 Å². The Labute approximate surface area is 124 Å². The summed E-state index contributed by atoms with van der Waals surface area (Å²) in [4.78, 5) is 23.2. The van der Waals surface area contributed by atoms with Gasteiger partial charge in [-0.25, -0.2) is 0 Å². The molecule has 2 rings (SSSR count). The number of carbonyl (C=O) groups excluding carboxylic acids is 1. The van der Waals surface area contributed by atoms with E-state index in [9.17, 15) is 14.9 Å². The molecule has 0 saturated heterocycles. The second-order valence-corrected chi connectivity index (χ2v) is 5.94. The van der Waals surface area contributed by atoms with Gasteiger partial charge in [-0.2, -0.15) is 0 Å². The van der Waals surface area contributed by atoms with E-state index in [0.717, 1.165) is 12.8 Å². The maximum atomic E-state index is 12.4. The summed E-state index contributed by atoms with van der Waals surface area (Å²) in [7, 11) is 0. The average molecular weight is 291 g/mol. The third kappa shape index (κ3) is 3.32. The Morgan fingerprint density at radius 3 is 2.62 bits per heavy atom. The summed E-state index contributed by atoms with van der Waals surface area (Å²) in [5.41, 5.74) is -0.0194. The van der Waals surface area contributed by atoms with Gasteiger partial charge in [0.05, 0.1) is 4.92 Å². The maximum Gasteiger partial charge on any atom is 0.305 e. The number of anilines is 1. The van der Waals surface area contributed by atoms with E-state index < -0.39 is 10.8 Å². The minimum atomic E-state index is -0.503. The van der Waals surface area contributed by atoms with E-state index in [2.05, 4.69) is 10.6 Å². The van der Waals surface area contributed by atoms with Crippen LogP contribution < -0.4 is 10.6 Å². The smallest absolute Gasteiger partial charge is 0.305 e. The van der Waals surface area contributed by atoms with Gasteiger partial charge in [0.25, 0.3) is 5.91 Å². The summed E-state index contributed by atoms with van der Waals surface area (Å²) in [6.07, 6.45) is 2.18. The number of nitro benzene ring substituents is 1. The average Bonchev–Trinajstić information content (AvgIpc) is 3.22. The van der Waals surface area contributed by atoms with Gasteiger partial charge in [-0.1, -0.05) is 6.07 Å². The molecule has 21 heavy (non-hydrogen) atoms. The normalized spacial score (nSPS) is 14.6. The zero-order chi connectivity index (χ0) is 15.6. The first-order valence-corrected chi connectivity index (χ1v) is 7.20. The Morgan fingerprint density at radius 2 is 2.10 bits per heavy atom. The van der Waals surface area contributed by atoms with Crippen molar-refractivity contribution < 1.29 is 9.72 Å². The van der Waals surface area contributed by atoms with Gasteiger partial charge in [-0.05, 0) is 51.7 Å². The van der Waals surface area contributed by atoms with Crippen LogP contribution in [0.3, 0.4) is 0 Å². The predicted molar refractivity (Wildman–Crippen MR) is 81.5 cm³/mol. The third-order valence-corrected chi connectivity index (χ3v) is 3.86. The number of para-hydroxylation sites is 1. The Morgan fingerprint density at radius 1 is 1.43 bits per heavy atom. The van der Waals surface area contributed by atoms with E-state index in [4.69, 9.17) is 0 Å². The lowest BCUT2D eigenvalue weighted by molar-refractivity contribution is -0.384. The fourth-order valence-electron chi connectivity index (χ4n) is 2.52. The predicted octanol–water partition coefficient (Wildman–Crippen LogP) is 2.95. The molecular weight excluding hydrogens is 270 g/mol. The van der Waals surface area contributed by atoms with Crippen molar-refractivity contribution in [3.05, 3.63) is 33.9 Å². The van der Waals surface area contributed by atoms with Crippen LogP contribution in [0.4, 0.5) is 11.4 Å². The monoisotopic (exact) mass is 291 g/mol. The SMILES string of the molecule is CCNc1cccc(C(=O)NC(C)(C)C2CC2)c1[N+](=O)[O-]. The second kappa shape index (κ2) is 5.71. The lowest BCUT2D eigenvalue weighted by Gasteiger charge is -2.26. The molecule has 1 fully saturated rings. The molecule has 1 saturated carbocycles. The van der Waals surface area contributed by atoms with Crippen molar-refractivity contribution in [1.82, 2.24) is 5.32 Å². The first-order valence-electron chi connectivity index (χ1n) is 7.20. The number of amides is 1. The van der Waals surface area contributed by atoms with Gasteiger partial charge in [0.1, 0.15) is 11.3 Å². The summed E-state index contributed by atoms with van der Waals surface area (Å²) < 4.78 is 0. The van der Waals surface area contributed by atoms with Crippen LogP contribution in [0.25, 0.3) is 0 Å².